The standard InChI is InChI=1S/C15H21ClN2O2/c16-12-5-3-6-13(8-12)18-15(20)9-17-14-7-2-1-4-11(14)10-19/h3,5-6,8,11,14,17,19H,1-2,4,7,9-10H2,(H,18,20). The van der Waals surface area contributed by atoms with Gasteiger partial charge in [0.2, 0.25) is 5.91 Å². The van der Waals surface area contributed by atoms with E-state index >= 15 is 0 Å². The second-order valence-corrected chi connectivity index (χ2v) is 5.71. The first kappa shape index (κ1) is 15.3. The van der Waals surface area contributed by atoms with Gasteiger partial charge in [-0.1, -0.05) is 30.5 Å². The molecule has 20 heavy (non-hydrogen) atoms. The Morgan fingerprint density at radius 1 is 1.35 bits per heavy atom. The molecule has 1 fully saturated rings. The molecule has 1 aromatic carbocycles. The Morgan fingerprint density at radius 2 is 2.15 bits per heavy atom. The Hall–Kier alpha value is -1.10. The summed E-state index contributed by atoms with van der Waals surface area (Å²) in [5, 5.41) is 16.0. The zero-order chi connectivity index (χ0) is 14.4. The minimum absolute atomic E-state index is 0.0884. The topological polar surface area (TPSA) is 61.4 Å². The van der Waals surface area contributed by atoms with Gasteiger partial charge in [-0.15, -0.1) is 0 Å². The van der Waals surface area contributed by atoms with Gasteiger partial charge in [-0.05, 0) is 37.0 Å². The third kappa shape index (κ3) is 4.47. The van der Waals surface area contributed by atoms with Crippen molar-refractivity contribution in [1.82, 2.24) is 5.32 Å². The molecular weight excluding hydrogens is 276 g/mol. The highest BCUT2D eigenvalue weighted by Gasteiger charge is 2.24. The number of anilines is 1. The molecule has 5 heteroatoms. The Balaban J connectivity index is 1.79. The van der Waals surface area contributed by atoms with Gasteiger partial charge in [-0.2, -0.15) is 0 Å². The van der Waals surface area contributed by atoms with Gasteiger partial charge in [0, 0.05) is 23.4 Å². The van der Waals surface area contributed by atoms with Crippen LogP contribution in [0.4, 0.5) is 5.69 Å². The molecule has 0 saturated heterocycles. The molecule has 2 unspecified atom stereocenters. The zero-order valence-corrected chi connectivity index (χ0v) is 12.2. The Kier molecular flexibility index (Phi) is 5.83. The van der Waals surface area contributed by atoms with Gasteiger partial charge < -0.3 is 15.7 Å². The van der Waals surface area contributed by atoms with Gasteiger partial charge in [-0.25, -0.2) is 0 Å². The molecule has 110 valence electrons. The third-order valence-electron chi connectivity index (χ3n) is 3.78. The summed E-state index contributed by atoms with van der Waals surface area (Å²) in [6.07, 6.45) is 4.38. The summed E-state index contributed by atoms with van der Waals surface area (Å²) < 4.78 is 0. The molecule has 1 saturated carbocycles. The lowest BCUT2D eigenvalue weighted by Gasteiger charge is -2.30. The number of aliphatic hydroxyl groups is 1. The number of carbonyl (C=O) groups is 1. The van der Waals surface area contributed by atoms with Crippen LogP contribution >= 0.6 is 11.6 Å². The summed E-state index contributed by atoms with van der Waals surface area (Å²) >= 11 is 5.87. The van der Waals surface area contributed by atoms with Crippen molar-refractivity contribution in [2.45, 2.75) is 31.7 Å². The molecule has 1 aliphatic carbocycles. The van der Waals surface area contributed by atoms with Crippen LogP contribution in [0, 0.1) is 5.92 Å². The zero-order valence-electron chi connectivity index (χ0n) is 11.4. The summed E-state index contributed by atoms with van der Waals surface area (Å²) in [6.45, 7) is 0.446. The van der Waals surface area contributed by atoms with E-state index in [1.54, 1.807) is 24.3 Å². The number of benzene rings is 1. The SMILES string of the molecule is O=C(CNC1CCCCC1CO)Nc1cccc(Cl)c1. The fourth-order valence-electron chi connectivity index (χ4n) is 2.69. The Bertz CT molecular complexity index is 453. The summed E-state index contributed by atoms with van der Waals surface area (Å²) in [5.41, 5.74) is 0.701. The van der Waals surface area contributed by atoms with E-state index in [4.69, 9.17) is 11.6 Å². The van der Waals surface area contributed by atoms with Crippen molar-refractivity contribution in [1.29, 1.82) is 0 Å². The van der Waals surface area contributed by atoms with Crippen molar-refractivity contribution in [3.63, 3.8) is 0 Å². The lowest BCUT2D eigenvalue weighted by molar-refractivity contribution is -0.115. The normalized spacial score (nSPS) is 22.5. The highest BCUT2D eigenvalue weighted by molar-refractivity contribution is 6.30. The maximum absolute atomic E-state index is 11.9. The molecule has 1 aromatic rings. The number of amides is 1. The van der Waals surface area contributed by atoms with Crippen molar-refractivity contribution >= 4 is 23.2 Å². The number of carbonyl (C=O) groups excluding carboxylic acids is 1. The predicted molar refractivity (Wildman–Crippen MR) is 80.9 cm³/mol. The molecule has 2 rings (SSSR count). The lowest BCUT2D eigenvalue weighted by atomic mass is 9.85. The quantitative estimate of drug-likeness (QED) is 0.782. The van der Waals surface area contributed by atoms with Gasteiger partial charge in [0.1, 0.15) is 0 Å². The predicted octanol–water partition coefficient (Wildman–Crippen LogP) is 2.42. The number of nitrogens with one attached hydrogen (secondary N) is 2. The fraction of sp³-hybridized carbons (Fsp3) is 0.533. The number of halogens is 1. The second-order valence-electron chi connectivity index (χ2n) is 5.27. The summed E-state index contributed by atoms with van der Waals surface area (Å²) in [7, 11) is 0. The smallest absolute Gasteiger partial charge is 0.238 e. The fourth-order valence-corrected chi connectivity index (χ4v) is 2.88. The summed E-state index contributed by atoms with van der Waals surface area (Å²) in [4.78, 5) is 11.9. The first-order valence-corrected chi connectivity index (χ1v) is 7.46. The van der Waals surface area contributed by atoms with Crippen LogP contribution in [0.3, 0.4) is 0 Å². The van der Waals surface area contributed by atoms with Crippen LogP contribution in [0.2, 0.25) is 5.02 Å². The van der Waals surface area contributed by atoms with Gasteiger partial charge >= 0.3 is 0 Å². The van der Waals surface area contributed by atoms with E-state index in [1.807, 2.05) is 0 Å². The molecule has 0 aliphatic heterocycles. The van der Waals surface area contributed by atoms with Gasteiger partial charge in [0.15, 0.2) is 0 Å². The Morgan fingerprint density at radius 3 is 2.90 bits per heavy atom. The van der Waals surface area contributed by atoms with Crippen molar-refractivity contribution in [3.8, 4) is 0 Å². The molecule has 2 atom stereocenters. The molecule has 0 heterocycles. The largest absolute Gasteiger partial charge is 0.396 e. The van der Waals surface area contributed by atoms with Crippen molar-refractivity contribution in [2.75, 3.05) is 18.5 Å². The molecule has 3 N–H and O–H groups in total. The maximum Gasteiger partial charge on any atom is 0.238 e. The van der Waals surface area contributed by atoms with Crippen LogP contribution in [0.25, 0.3) is 0 Å². The van der Waals surface area contributed by atoms with E-state index in [1.165, 1.54) is 0 Å². The molecule has 4 nitrogen and oxygen atoms in total. The highest BCUT2D eigenvalue weighted by atomic mass is 35.5. The molecule has 0 radical (unpaired) electrons. The van der Waals surface area contributed by atoms with E-state index < -0.39 is 0 Å². The molecule has 1 aliphatic rings. The minimum atomic E-state index is -0.0884. The first-order chi connectivity index (χ1) is 9.69. The molecule has 1 amide bonds. The maximum atomic E-state index is 11.9. The van der Waals surface area contributed by atoms with Crippen LogP contribution in [-0.4, -0.2) is 30.2 Å². The first-order valence-electron chi connectivity index (χ1n) is 7.08. The third-order valence-corrected chi connectivity index (χ3v) is 4.01. The highest BCUT2D eigenvalue weighted by Crippen LogP contribution is 2.23. The average molecular weight is 297 g/mol. The number of hydrogen-bond donors (Lipinski definition) is 3. The van der Waals surface area contributed by atoms with Crippen LogP contribution < -0.4 is 10.6 Å². The lowest BCUT2D eigenvalue weighted by Crippen LogP contribution is -2.43. The van der Waals surface area contributed by atoms with E-state index in [9.17, 15) is 9.90 Å². The van der Waals surface area contributed by atoms with Crippen molar-refractivity contribution < 1.29 is 9.90 Å². The number of hydrogen-bond acceptors (Lipinski definition) is 3. The van der Waals surface area contributed by atoms with E-state index in [0.717, 1.165) is 25.7 Å². The molecule has 0 aromatic heterocycles. The summed E-state index contributed by atoms with van der Waals surface area (Å²) in [6, 6.07) is 7.33. The van der Waals surface area contributed by atoms with Crippen LogP contribution in [0.15, 0.2) is 24.3 Å². The molecular formula is C15H21ClN2O2. The van der Waals surface area contributed by atoms with E-state index in [2.05, 4.69) is 10.6 Å². The van der Waals surface area contributed by atoms with Gasteiger partial charge in [-0.3, -0.25) is 4.79 Å². The van der Waals surface area contributed by atoms with E-state index in [-0.39, 0.29) is 31.0 Å². The number of aliphatic hydroxyl groups excluding tert-OH is 1. The van der Waals surface area contributed by atoms with E-state index in [0.29, 0.717) is 10.7 Å². The van der Waals surface area contributed by atoms with Gasteiger partial charge in [0.05, 0.1) is 6.54 Å². The molecule has 0 bridgehead atoms. The van der Waals surface area contributed by atoms with Crippen molar-refractivity contribution in [3.05, 3.63) is 29.3 Å². The van der Waals surface area contributed by atoms with Crippen LogP contribution in [0.1, 0.15) is 25.7 Å². The molecule has 0 spiro atoms. The second kappa shape index (κ2) is 7.62. The average Bonchev–Trinajstić information content (AvgIpc) is 2.45. The monoisotopic (exact) mass is 296 g/mol. The summed E-state index contributed by atoms with van der Waals surface area (Å²) in [5.74, 6) is 0.178. The Labute approximate surface area is 124 Å². The van der Waals surface area contributed by atoms with Crippen molar-refractivity contribution in [2.24, 2.45) is 5.92 Å². The van der Waals surface area contributed by atoms with Crippen LogP contribution in [0.5, 0.6) is 0 Å². The minimum Gasteiger partial charge on any atom is -0.396 e. The number of rotatable bonds is 5. The van der Waals surface area contributed by atoms with Gasteiger partial charge in [0.25, 0.3) is 0 Å². The van der Waals surface area contributed by atoms with Crippen LogP contribution in [-0.2, 0) is 4.79 Å².